The SMILES string of the molecule is Cc1ccc(N(CCCC(=O)NCCCc2ccc(C(C)C)cc2)S(C)(=O)=O)cc1C. The molecule has 0 radical (unpaired) electrons. The number of rotatable bonds is 11. The lowest BCUT2D eigenvalue weighted by molar-refractivity contribution is -0.121. The van der Waals surface area contributed by atoms with Gasteiger partial charge in [0, 0.05) is 19.5 Å². The molecule has 0 saturated heterocycles. The molecule has 170 valence electrons. The Morgan fingerprint density at radius 2 is 1.68 bits per heavy atom. The third kappa shape index (κ3) is 8.02. The number of hydrogen-bond acceptors (Lipinski definition) is 3. The minimum Gasteiger partial charge on any atom is -0.356 e. The first-order valence-electron chi connectivity index (χ1n) is 11.0. The number of benzene rings is 2. The van der Waals surface area contributed by atoms with E-state index in [1.54, 1.807) is 0 Å². The highest BCUT2D eigenvalue weighted by Gasteiger charge is 2.18. The molecule has 0 unspecified atom stereocenters. The molecule has 2 rings (SSSR count). The van der Waals surface area contributed by atoms with Crippen molar-refractivity contribution in [3.8, 4) is 0 Å². The standard InChI is InChI=1S/C25H36N2O3S/c1-19(2)23-13-11-22(12-14-23)8-6-16-26-25(28)9-7-17-27(31(5,29)30)24-15-10-20(3)21(4)18-24/h10-15,18-19H,6-9,16-17H2,1-5H3,(H,26,28). The number of anilines is 1. The number of amides is 1. The Morgan fingerprint density at radius 3 is 2.26 bits per heavy atom. The summed E-state index contributed by atoms with van der Waals surface area (Å²) in [6.45, 7) is 9.23. The van der Waals surface area contributed by atoms with Gasteiger partial charge in [0.15, 0.2) is 0 Å². The minimum absolute atomic E-state index is 0.0382. The second-order valence-corrected chi connectivity index (χ2v) is 10.5. The predicted octanol–water partition coefficient (Wildman–Crippen LogP) is 4.72. The predicted molar refractivity (Wildman–Crippen MR) is 129 cm³/mol. The Morgan fingerprint density at radius 1 is 1.00 bits per heavy atom. The van der Waals surface area contributed by atoms with Crippen LogP contribution in [0.1, 0.15) is 61.3 Å². The van der Waals surface area contributed by atoms with Crippen LogP contribution in [-0.4, -0.2) is 33.7 Å². The second-order valence-electron chi connectivity index (χ2n) is 8.56. The van der Waals surface area contributed by atoms with Crippen LogP contribution >= 0.6 is 0 Å². The van der Waals surface area contributed by atoms with Crippen LogP contribution in [0.5, 0.6) is 0 Å². The van der Waals surface area contributed by atoms with Crippen molar-refractivity contribution in [2.45, 2.75) is 59.3 Å². The number of carbonyl (C=O) groups is 1. The van der Waals surface area contributed by atoms with E-state index < -0.39 is 10.0 Å². The van der Waals surface area contributed by atoms with Crippen molar-refractivity contribution in [3.63, 3.8) is 0 Å². The normalized spacial score (nSPS) is 11.5. The highest BCUT2D eigenvalue weighted by atomic mass is 32.2. The van der Waals surface area contributed by atoms with Crippen molar-refractivity contribution >= 4 is 21.6 Å². The molecule has 0 aliphatic rings. The Bertz CT molecular complexity index is 967. The van der Waals surface area contributed by atoms with Gasteiger partial charge in [-0.2, -0.15) is 0 Å². The fourth-order valence-electron chi connectivity index (χ4n) is 3.43. The minimum atomic E-state index is -3.40. The van der Waals surface area contributed by atoms with E-state index in [9.17, 15) is 13.2 Å². The van der Waals surface area contributed by atoms with E-state index in [1.807, 2.05) is 32.0 Å². The van der Waals surface area contributed by atoms with Crippen molar-refractivity contribution < 1.29 is 13.2 Å². The molecule has 1 amide bonds. The summed E-state index contributed by atoms with van der Waals surface area (Å²) in [5.74, 6) is 0.491. The van der Waals surface area contributed by atoms with Crippen molar-refractivity contribution in [3.05, 3.63) is 64.7 Å². The Hall–Kier alpha value is -2.34. The summed E-state index contributed by atoms with van der Waals surface area (Å²) in [6, 6.07) is 14.3. The van der Waals surface area contributed by atoms with E-state index in [1.165, 1.54) is 21.7 Å². The van der Waals surface area contributed by atoms with Gasteiger partial charge in [-0.1, -0.05) is 44.2 Å². The zero-order valence-electron chi connectivity index (χ0n) is 19.4. The van der Waals surface area contributed by atoms with E-state index in [0.29, 0.717) is 31.0 Å². The van der Waals surface area contributed by atoms with Crippen LogP contribution in [0.25, 0.3) is 0 Å². The molecule has 0 aliphatic carbocycles. The summed E-state index contributed by atoms with van der Waals surface area (Å²) in [4.78, 5) is 12.2. The molecule has 0 aromatic heterocycles. The van der Waals surface area contributed by atoms with Crippen LogP contribution in [0, 0.1) is 13.8 Å². The number of carbonyl (C=O) groups excluding carboxylic acids is 1. The van der Waals surface area contributed by atoms with E-state index in [0.717, 1.165) is 24.0 Å². The Balaban J connectivity index is 1.76. The van der Waals surface area contributed by atoms with Gasteiger partial charge in [0.2, 0.25) is 15.9 Å². The first-order chi connectivity index (χ1) is 14.6. The maximum Gasteiger partial charge on any atom is 0.232 e. The molecule has 2 aromatic rings. The van der Waals surface area contributed by atoms with Gasteiger partial charge in [-0.25, -0.2) is 8.42 Å². The molecule has 1 N–H and O–H groups in total. The average molecular weight is 445 g/mol. The first kappa shape index (κ1) is 24.9. The largest absolute Gasteiger partial charge is 0.356 e. The molecule has 0 saturated carbocycles. The number of aryl methyl sites for hydroxylation is 3. The number of nitrogens with one attached hydrogen (secondary N) is 1. The summed E-state index contributed by atoms with van der Waals surface area (Å²) in [5.41, 5.74) is 5.42. The first-order valence-corrected chi connectivity index (χ1v) is 12.8. The monoisotopic (exact) mass is 444 g/mol. The maximum absolute atomic E-state index is 12.2. The molecule has 31 heavy (non-hydrogen) atoms. The summed E-state index contributed by atoms with van der Waals surface area (Å²) < 4.78 is 25.8. The van der Waals surface area contributed by atoms with Crippen molar-refractivity contribution in [2.24, 2.45) is 0 Å². The quantitative estimate of drug-likeness (QED) is 0.510. The maximum atomic E-state index is 12.2. The molecule has 5 nitrogen and oxygen atoms in total. The van der Waals surface area contributed by atoms with Gasteiger partial charge in [0.1, 0.15) is 0 Å². The molecule has 0 heterocycles. The van der Waals surface area contributed by atoms with Gasteiger partial charge in [-0.3, -0.25) is 9.10 Å². The Labute approximate surface area is 187 Å². The van der Waals surface area contributed by atoms with Crippen LogP contribution in [0.3, 0.4) is 0 Å². The van der Waals surface area contributed by atoms with E-state index in [-0.39, 0.29) is 12.5 Å². The van der Waals surface area contributed by atoms with E-state index >= 15 is 0 Å². The van der Waals surface area contributed by atoms with E-state index in [4.69, 9.17) is 0 Å². The lowest BCUT2D eigenvalue weighted by atomic mass is 10.0. The second kappa shape index (κ2) is 11.3. The molecule has 0 bridgehead atoms. The lowest BCUT2D eigenvalue weighted by Crippen LogP contribution is -2.32. The Kier molecular flexibility index (Phi) is 9.11. The van der Waals surface area contributed by atoms with Crippen LogP contribution in [-0.2, 0) is 21.2 Å². The molecule has 0 aliphatic heterocycles. The van der Waals surface area contributed by atoms with Gasteiger partial charge in [0.25, 0.3) is 0 Å². The summed E-state index contributed by atoms with van der Waals surface area (Å²) in [5, 5.41) is 2.94. The number of sulfonamides is 1. The third-order valence-electron chi connectivity index (χ3n) is 5.55. The number of hydrogen-bond donors (Lipinski definition) is 1. The zero-order valence-corrected chi connectivity index (χ0v) is 20.3. The molecule has 0 spiro atoms. The van der Waals surface area contributed by atoms with Gasteiger partial charge in [-0.15, -0.1) is 0 Å². The smallest absolute Gasteiger partial charge is 0.232 e. The average Bonchev–Trinajstić information content (AvgIpc) is 2.70. The highest BCUT2D eigenvalue weighted by Crippen LogP contribution is 2.22. The molecular weight excluding hydrogens is 408 g/mol. The molecule has 2 aromatic carbocycles. The highest BCUT2D eigenvalue weighted by molar-refractivity contribution is 7.92. The van der Waals surface area contributed by atoms with Crippen molar-refractivity contribution in [1.82, 2.24) is 5.32 Å². The topological polar surface area (TPSA) is 66.5 Å². The number of nitrogens with zero attached hydrogens (tertiary/aromatic N) is 1. The zero-order chi connectivity index (χ0) is 23.0. The lowest BCUT2D eigenvalue weighted by Gasteiger charge is -2.23. The molecule has 0 fully saturated rings. The van der Waals surface area contributed by atoms with Gasteiger partial charge < -0.3 is 5.32 Å². The van der Waals surface area contributed by atoms with Crippen LogP contribution in [0.4, 0.5) is 5.69 Å². The summed E-state index contributed by atoms with van der Waals surface area (Å²) in [6.07, 6.45) is 3.79. The van der Waals surface area contributed by atoms with Crippen LogP contribution in [0.15, 0.2) is 42.5 Å². The van der Waals surface area contributed by atoms with Gasteiger partial charge in [-0.05, 0) is 73.4 Å². The van der Waals surface area contributed by atoms with Crippen LogP contribution in [0.2, 0.25) is 0 Å². The molecular formula is C25H36N2O3S. The van der Waals surface area contributed by atoms with Gasteiger partial charge in [0.05, 0.1) is 11.9 Å². The summed E-state index contributed by atoms with van der Waals surface area (Å²) >= 11 is 0. The van der Waals surface area contributed by atoms with Crippen LogP contribution < -0.4 is 9.62 Å². The molecule has 0 atom stereocenters. The fraction of sp³-hybridized carbons (Fsp3) is 0.480. The van der Waals surface area contributed by atoms with E-state index in [2.05, 4.69) is 43.4 Å². The fourth-order valence-corrected chi connectivity index (χ4v) is 4.39. The summed E-state index contributed by atoms with van der Waals surface area (Å²) in [7, 11) is -3.40. The third-order valence-corrected chi connectivity index (χ3v) is 6.75. The van der Waals surface area contributed by atoms with Crippen molar-refractivity contribution in [2.75, 3.05) is 23.7 Å². The van der Waals surface area contributed by atoms with Gasteiger partial charge >= 0.3 is 0 Å². The molecule has 6 heteroatoms. The van der Waals surface area contributed by atoms with Crippen molar-refractivity contribution in [1.29, 1.82) is 0 Å².